The third kappa shape index (κ3) is 2.78. The summed E-state index contributed by atoms with van der Waals surface area (Å²) in [7, 11) is 0. The summed E-state index contributed by atoms with van der Waals surface area (Å²) in [5, 5.41) is 3.48. The summed E-state index contributed by atoms with van der Waals surface area (Å²) >= 11 is 5.65. The number of halogens is 3. The van der Waals surface area contributed by atoms with Gasteiger partial charge < -0.3 is 10.2 Å². The summed E-state index contributed by atoms with van der Waals surface area (Å²) in [6.45, 7) is 4.90. The van der Waals surface area contributed by atoms with E-state index in [4.69, 9.17) is 11.6 Å². The van der Waals surface area contributed by atoms with Gasteiger partial charge in [-0.15, -0.1) is 12.4 Å². The van der Waals surface area contributed by atoms with Crippen molar-refractivity contribution in [1.29, 1.82) is 0 Å². The van der Waals surface area contributed by atoms with Crippen LogP contribution < -0.4 is 10.2 Å². The quantitative estimate of drug-likeness (QED) is 0.839. The molecule has 1 aliphatic rings. The van der Waals surface area contributed by atoms with Crippen LogP contribution in [0.15, 0.2) is 18.2 Å². The van der Waals surface area contributed by atoms with Gasteiger partial charge in [0.05, 0.1) is 5.02 Å². The van der Waals surface area contributed by atoms with E-state index >= 15 is 0 Å². The normalized spacial score (nSPS) is 20.4. The highest BCUT2D eigenvalue weighted by Gasteiger charge is 2.18. The number of nitrogens with zero attached hydrogens (tertiary/aromatic N) is 1. The maximum absolute atomic E-state index is 13.3. The third-order valence-corrected chi connectivity index (χ3v) is 3.04. The van der Waals surface area contributed by atoms with E-state index in [9.17, 15) is 4.39 Å². The van der Waals surface area contributed by atoms with Crippen molar-refractivity contribution in [3.8, 4) is 0 Å². The maximum Gasteiger partial charge on any atom is 0.143 e. The molecule has 2 rings (SSSR count). The standard InChI is InChI=1S/C11H14ClFN2.ClH/c1-8-7-14-4-5-15(8)9-2-3-10(12)11(13)6-9;/h2-3,6,8,14H,4-5,7H2,1H3;1H/t8-;/m0./s1. The van der Waals surface area contributed by atoms with Crippen LogP contribution in [0, 0.1) is 5.82 Å². The Balaban J connectivity index is 0.00000128. The van der Waals surface area contributed by atoms with Crippen LogP contribution in [0.25, 0.3) is 0 Å². The predicted octanol–water partition coefficient (Wildman–Crippen LogP) is 2.70. The molecule has 1 atom stereocenters. The van der Waals surface area contributed by atoms with Crippen molar-refractivity contribution in [3.05, 3.63) is 29.0 Å². The Bertz CT molecular complexity index is 360. The zero-order chi connectivity index (χ0) is 10.8. The minimum Gasteiger partial charge on any atom is -0.366 e. The molecular weight excluding hydrogens is 250 g/mol. The number of piperazine rings is 1. The van der Waals surface area contributed by atoms with Gasteiger partial charge in [-0.2, -0.15) is 0 Å². The lowest BCUT2D eigenvalue weighted by Gasteiger charge is -2.35. The fourth-order valence-corrected chi connectivity index (χ4v) is 2.01. The fraction of sp³-hybridized carbons (Fsp3) is 0.455. The van der Waals surface area contributed by atoms with E-state index in [2.05, 4.69) is 17.1 Å². The summed E-state index contributed by atoms with van der Waals surface area (Å²) in [6, 6.07) is 5.37. The Hall–Kier alpha value is -0.510. The highest BCUT2D eigenvalue weighted by molar-refractivity contribution is 6.30. The van der Waals surface area contributed by atoms with Crippen LogP contribution in [0.1, 0.15) is 6.92 Å². The highest BCUT2D eigenvalue weighted by atomic mass is 35.5. The Kier molecular flexibility index (Phi) is 4.84. The van der Waals surface area contributed by atoms with Gasteiger partial charge in [0.15, 0.2) is 0 Å². The van der Waals surface area contributed by atoms with Gasteiger partial charge in [0.2, 0.25) is 0 Å². The van der Waals surface area contributed by atoms with E-state index in [1.165, 1.54) is 6.07 Å². The Morgan fingerprint density at radius 3 is 2.88 bits per heavy atom. The molecule has 0 radical (unpaired) electrons. The number of hydrogen-bond acceptors (Lipinski definition) is 2. The first-order chi connectivity index (χ1) is 7.18. The first-order valence-corrected chi connectivity index (χ1v) is 5.48. The monoisotopic (exact) mass is 264 g/mol. The Morgan fingerprint density at radius 1 is 1.50 bits per heavy atom. The molecule has 1 aliphatic heterocycles. The number of anilines is 1. The van der Waals surface area contributed by atoms with Crippen LogP contribution in [-0.2, 0) is 0 Å². The average molecular weight is 265 g/mol. The first-order valence-electron chi connectivity index (χ1n) is 5.11. The van der Waals surface area contributed by atoms with Crippen molar-refractivity contribution < 1.29 is 4.39 Å². The van der Waals surface area contributed by atoms with Gasteiger partial charge >= 0.3 is 0 Å². The second-order valence-corrected chi connectivity index (χ2v) is 4.25. The van der Waals surface area contributed by atoms with Crippen LogP contribution in [0.3, 0.4) is 0 Å². The van der Waals surface area contributed by atoms with Gasteiger partial charge in [0, 0.05) is 31.4 Å². The molecule has 1 saturated heterocycles. The molecule has 0 amide bonds. The van der Waals surface area contributed by atoms with Crippen molar-refractivity contribution in [3.63, 3.8) is 0 Å². The summed E-state index contributed by atoms with van der Waals surface area (Å²) in [4.78, 5) is 2.19. The molecule has 1 aromatic carbocycles. The summed E-state index contributed by atoms with van der Waals surface area (Å²) in [6.07, 6.45) is 0. The first kappa shape index (κ1) is 13.6. The highest BCUT2D eigenvalue weighted by Crippen LogP contribution is 2.23. The number of benzene rings is 1. The van der Waals surface area contributed by atoms with Crippen LogP contribution in [0.5, 0.6) is 0 Å². The van der Waals surface area contributed by atoms with E-state index in [0.29, 0.717) is 6.04 Å². The molecule has 0 bridgehead atoms. The van der Waals surface area contributed by atoms with Crippen molar-refractivity contribution in [2.45, 2.75) is 13.0 Å². The molecule has 0 aromatic heterocycles. The van der Waals surface area contributed by atoms with Crippen molar-refractivity contribution in [2.75, 3.05) is 24.5 Å². The molecule has 0 saturated carbocycles. The molecule has 0 spiro atoms. The fourth-order valence-electron chi connectivity index (χ4n) is 1.89. The molecule has 90 valence electrons. The third-order valence-electron chi connectivity index (χ3n) is 2.74. The second-order valence-electron chi connectivity index (χ2n) is 3.84. The van der Waals surface area contributed by atoms with E-state index < -0.39 is 0 Å². The maximum atomic E-state index is 13.3. The molecule has 2 nitrogen and oxygen atoms in total. The average Bonchev–Trinajstić information content (AvgIpc) is 2.23. The van der Waals surface area contributed by atoms with Crippen LogP contribution in [0.4, 0.5) is 10.1 Å². The summed E-state index contributed by atoms with van der Waals surface area (Å²) in [5.74, 6) is -0.347. The van der Waals surface area contributed by atoms with Crippen LogP contribution >= 0.6 is 24.0 Å². The number of hydrogen-bond donors (Lipinski definition) is 1. The predicted molar refractivity (Wildman–Crippen MR) is 68.3 cm³/mol. The van der Waals surface area contributed by atoms with E-state index in [1.54, 1.807) is 6.07 Å². The molecule has 0 aliphatic carbocycles. The van der Waals surface area contributed by atoms with Gasteiger partial charge in [0.25, 0.3) is 0 Å². The molecule has 16 heavy (non-hydrogen) atoms. The van der Waals surface area contributed by atoms with Gasteiger partial charge in [-0.25, -0.2) is 4.39 Å². The second kappa shape index (κ2) is 5.71. The topological polar surface area (TPSA) is 15.3 Å². The molecule has 1 aromatic rings. The minimum absolute atomic E-state index is 0. The van der Waals surface area contributed by atoms with E-state index in [1.807, 2.05) is 6.07 Å². The SMILES string of the molecule is C[C@H]1CNCCN1c1ccc(Cl)c(F)c1.Cl. The molecule has 1 fully saturated rings. The molecule has 0 unspecified atom stereocenters. The molecular formula is C11H15Cl2FN2. The number of rotatable bonds is 1. The summed E-state index contributed by atoms with van der Waals surface area (Å²) < 4.78 is 13.3. The zero-order valence-corrected chi connectivity index (χ0v) is 10.6. The van der Waals surface area contributed by atoms with Crippen LogP contribution in [-0.4, -0.2) is 25.7 Å². The lowest BCUT2D eigenvalue weighted by atomic mass is 10.2. The van der Waals surface area contributed by atoms with Gasteiger partial charge in [-0.3, -0.25) is 0 Å². The van der Waals surface area contributed by atoms with Gasteiger partial charge in [0.1, 0.15) is 5.82 Å². The Labute approximate surface area is 106 Å². The largest absolute Gasteiger partial charge is 0.366 e. The van der Waals surface area contributed by atoms with Gasteiger partial charge in [-0.1, -0.05) is 11.6 Å². The van der Waals surface area contributed by atoms with E-state index in [0.717, 1.165) is 25.3 Å². The number of nitrogens with one attached hydrogen (secondary N) is 1. The molecule has 1 N–H and O–H groups in total. The van der Waals surface area contributed by atoms with Crippen molar-refractivity contribution >= 4 is 29.7 Å². The smallest absolute Gasteiger partial charge is 0.143 e. The van der Waals surface area contributed by atoms with Crippen molar-refractivity contribution in [1.82, 2.24) is 5.32 Å². The van der Waals surface area contributed by atoms with E-state index in [-0.39, 0.29) is 23.2 Å². The van der Waals surface area contributed by atoms with Crippen LogP contribution in [0.2, 0.25) is 5.02 Å². The van der Waals surface area contributed by atoms with Crippen molar-refractivity contribution in [2.24, 2.45) is 0 Å². The zero-order valence-electron chi connectivity index (χ0n) is 9.04. The summed E-state index contributed by atoms with van der Waals surface area (Å²) in [5.41, 5.74) is 0.908. The Morgan fingerprint density at radius 2 is 2.25 bits per heavy atom. The molecule has 1 heterocycles. The lowest BCUT2D eigenvalue weighted by molar-refractivity contribution is 0.499. The van der Waals surface area contributed by atoms with Gasteiger partial charge in [-0.05, 0) is 25.1 Å². The minimum atomic E-state index is -0.347. The lowest BCUT2D eigenvalue weighted by Crippen LogP contribution is -2.49. The molecule has 5 heteroatoms.